The minimum absolute atomic E-state index is 0.00245. The summed E-state index contributed by atoms with van der Waals surface area (Å²) in [6.07, 6.45) is 4.03. The van der Waals surface area contributed by atoms with Crippen molar-refractivity contribution >= 4 is 5.97 Å². The lowest BCUT2D eigenvalue weighted by atomic mass is 9.65. The number of aromatic carboxylic acids is 1. The molecule has 0 saturated heterocycles. The highest BCUT2D eigenvalue weighted by molar-refractivity contribution is 5.91. The SMILES string of the molecule is CCCC1CCC(C)CC1(O)c1c(C(=O)O)ccc(O)c1OC. The minimum Gasteiger partial charge on any atom is -0.504 e. The first kappa shape index (κ1) is 17.6. The predicted octanol–water partition coefficient (Wildman–Crippen LogP) is 3.52. The third kappa shape index (κ3) is 3.15. The van der Waals surface area contributed by atoms with Gasteiger partial charge in [-0.05, 0) is 43.2 Å². The first-order chi connectivity index (χ1) is 10.8. The van der Waals surface area contributed by atoms with Gasteiger partial charge in [-0.15, -0.1) is 0 Å². The zero-order chi connectivity index (χ0) is 17.2. The molecule has 3 N–H and O–H groups in total. The van der Waals surface area contributed by atoms with Crippen LogP contribution in [0.3, 0.4) is 0 Å². The number of methoxy groups -OCH3 is 1. The van der Waals surface area contributed by atoms with E-state index in [9.17, 15) is 20.1 Å². The molecule has 0 aliphatic heterocycles. The Morgan fingerprint density at radius 1 is 1.39 bits per heavy atom. The molecule has 3 unspecified atom stereocenters. The minimum atomic E-state index is -1.30. The summed E-state index contributed by atoms with van der Waals surface area (Å²) < 4.78 is 5.27. The number of benzene rings is 1. The fourth-order valence-corrected chi connectivity index (χ4v) is 3.95. The molecule has 128 valence electrons. The number of phenols is 1. The molecule has 1 aliphatic rings. The Hall–Kier alpha value is -1.75. The number of phenolic OH excluding ortho intramolecular Hbond substituents is 1. The highest BCUT2D eigenvalue weighted by Gasteiger charge is 2.46. The number of aliphatic hydroxyl groups is 1. The summed E-state index contributed by atoms with van der Waals surface area (Å²) in [5, 5.41) is 31.2. The third-order valence-corrected chi connectivity index (χ3v) is 4.98. The van der Waals surface area contributed by atoms with Crippen LogP contribution in [0.2, 0.25) is 0 Å². The van der Waals surface area contributed by atoms with E-state index in [-0.39, 0.29) is 34.5 Å². The van der Waals surface area contributed by atoms with Crippen LogP contribution in [0.15, 0.2) is 12.1 Å². The van der Waals surface area contributed by atoms with Crippen LogP contribution in [0.5, 0.6) is 11.5 Å². The maximum Gasteiger partial charge on any atom is 0.336 e. The summed E-state index contributed by atoms with van der Waals surface area (Å²) in [6, 6.07) is 2.64. The van der Waals surface area contributed by atoms with Crippen LogP contribution in [-0.4, -0.2) is 28.4 Å². The van der Waals surface area contributed by atoms with Crippen molar-refractivity contribution in [2.24, 2.45) is 11.8 Å². The lowest BCUT2D eigenvalue weighted by Crippen LogP contribution is -2.42. The van der Waals surface area contributed by atoms with E-state index in [1.165, 1.54) is 19.2 Å². The quantitative estimate of drug-likeness (QED) is 0.772. The molecular formula is C18H26O5. The molecule has 1 saturated carbocycles. The van der Waals surface area contributed by atoms with Crippen LogP contribution >= 0.6 is 0 Å². The Bertz CT molecular complexity index is 583. The largest absolute Gasteiger partial charge is 0.504 e. The molecule has 2 rings (SSSR count). The van der Waals surface area contributed by atoms with Gasteiger partial charge < -0.3 is 20.1 Å². The number of carboxylic acids is 1. The number of ether oxygens (including phenoxy) is 1. The van der Waals surface area contributed by atoms with E-state index in [1.807, 2.05) is 0 Å². The first-order valence-electron chi connectivity index (χ1n) is 8.21. The Kier molecular flexibility index (Phi) is 5.19. The summed E-state index contributed by atoms with van der Waals surface area (Å²) in [7, 11) is 1.38. The second-order valence-corrected chi connectivity index (χ2v) is 6.64. The molecule has 5 nitrogen and oxygen atoms in total. The van der Waals surface area contributed by atoms with Gasteiger partial charge in [-0.1, -0.05) is 26.7 Å². The molecule has 0 bridgehead atoms. The lowest BCUT2D eigenvalue weighted by Gasteiger charge is -2.44. The van der Waals surface area contributed by atoms with Gasteiger partial charge in [0.2, 0.25) is 0 Å². The zero-order valence-corrected chi connectivity index (χ0v) is 14.0. The van der Waals surface area contributed by atoms with Crippen LogP contribution in [0.4, 0.5) is 0 Å². The highest BCUT2D eigenvalue weighted by atomic mass is 16.5. The summed E-state index contributed by atoms with van der Waals surface area (Å²) in [5.41, 5.74) is -1.08. The van der Waals surface area contributed by atoms with Gasteiger partial charge >= 0.3 is 5.97 Å². The van der Waals surface area contributed by atoms with E-state index in [0.29, 0.717) is 6.42 Å². The lowest BCUT2D eigenvalue weighted by molar-refractivity contribution is -0.0750. The van der Waals surface area contributed by atoms with Crippen molar-refractivity contribution in [1.29, 1.82) is 0 Å². The monoisotopic (exact) mass is 322 g/mol. The Morgan fingerprint density at radius 2 is 2.09 bits per heavy atom. The van der Waals surface area contributed by atoms with Gasteiger partial charge in [0, 0.05) is 5.56 Å². The normalized spacial score (nSPS) is 27.7. The van der Waals surface area contributed by atoms with Gasteiger partial charge in [0.15, 0.2) is 11.5 Å². The molecule has 1 aliphatic carbocycles. The second kappa shape index (κ2) is 6.79. The Balaban J connectivity index is 2.68. The fraction of sp³-hybridized carbons (Fsp3) is 0.611. The molecule has 0 spiro atoms. The van der Waals surface area contributed by atoms with Crippen LogP contribution in [0, 0.1) is 11.8 Å². The first-order valence-corrected chi connectivity index (χ1v) is 8.21. The van der Waals surface area contributed by atoms with Crippen LogP contribution in [-0.2, 0) is 5.60 Å². The van der Waals surface area contributed by atoms with Gasteiger partial charge in [-0.25, -0.2) is 4.79 Å². The van der Waals surface area contributed by atoms with Crippen molar-refractivity contribution < 1.29 is 24.9 Å². The van der Waals surface area contributed by atoms with Gasteiger partial charge in [0.25, 0.3) is 0 Å². The zero-order valence-electron chi connectivity index (χ0n) is 14.0. The number of hydrogen-bond donors (Lipinski definition) is 3. The molecular weight excluding hydrogens is 296 g/mol. The molecule has 1 aromatic rings. The second-order valence-electron chi connectivity index (χ2n) is 6.64. The number of carboxylic acid groups (broad SMARTS) is 1. The van der Waals surface area contributed by atoms with E-state index < -0.39 is 11.6 Å². The topological polar surface area (TPSA) is 87.0 Å². The number of aromatic hydroxyl groups is 1. The van der Waals surface area contributed by atoms with E-state index in [1.54, 1.807) is 0 Å². The third-order valence-electron chi connectivity index (χ3n) is 4.98. The van der Waals surface area contributed by atoms with Crippen molar-refractivity contribution in [3.8, 4) is 11.5 Å². The molecule has 3 atom stereocenters. The molecule has 1 fully saturated rings. The average Bonchev–Trinajstić information content (AvgIpc) is 2.49. The summed E-state index contributed by atoms with van der Waals surface area (Å²) in [6.45, 7) is 4.11. The van der Waals surface area contributed by atoms with Crippen LogP contribution < -0.4 is 4.74 Å². The smallest absolute Gasteiger partial charge is 0.336 e. The standard InChI is InChI=1S/C18H26O5/c1-4-5-12-7-6-11(2)10-18(12,22)15-13(17(20)21)8-9-14(19)16(15)23-3/h8-9,11-12,19,22H,4-7,10H2,1-3H3,(H,20,21). The molecule has 0 heterocycles. The predicted molar refractivity (Wildman–Crippen MR) is 86.9 cm³/mol. The van der Waals surface area contributed by atoms with E-state index in [4.69, 9.17) is 4.74 Å². The highest BCUT2D eigenvalue weighted by Crippen LogP contribution is 2.51. The summed E-state index contributed by atoms with van der Waals surface area (Å²) in [5.74, 6) is -0.962. The average molecular weight is 322 g/mol. The number of carbonyl (C=O) groups is 1. The molecule has 23 heavy (non-hydrogen) atoms. The number of hydrogen-bond acceptors (Lipinski definition) is 4. The van der Waals surface area contributed by atoms with E-state index in [2.05, 4.69) is 13.8 Å². The van der Waals surface area contributed by atoms with Crippen molar-refractivity contribution in [2.45, 2.75) is 51.6 Å². The molecule has 0 amide bonds. The van der Waals surface area contributed by atoms with Crippen LogP contribution in [0.1, 0.15) is 61.9 Å². The summed E-state index contributed by atoms with van der Waals surface area (Å²) >= 11 is 0. The van der Waals surface area contributed by atoms with E-state index in [0.717, 1.165) is 25.7 Å². The number of rotatable bonds is 5. The maximum absolute atomic E-state index is 11.7. The van der Waals surface area contributed by atoms with Gasteiger partial charge in [0.05, 0.1) is 18.3 Å². The molecule has 0 radical (unpaired) electrons. The molecule has 0 aromatic heterocycles. The maximum atomic E-state index is 11.7. The Morgan fingerprint density at radius 3 is 2.65 bits per heavy atom. The van der Waals surface area contributed by atoms with Crippen molar-refractivity contribution in [1.82, 2.24) is 0 Å². The fourth-order valence-electron chi connectivity index (χ4n) is 3.95. The molecule has 1 aromatic carbocycles. The van der Waals surface area contributed by atoms with Crippen molar-refractivity contribution in [3.63, 3.8) is 0 Å². The summed E-state index contributed by atoms with van der Waals surface area (Å²) in [4.78, 5) is 11.7. The van der Waals surface area contributed by atoms with Crippen molar-refractivity contribution in [2.75, 3.05) is 7.11 Å². The van der Waals surface area contributed by atoms with Gasteiger partial charge in [-0.3, -0.25) is 0 Å². The van der Waals surface area contributed by atoms with Crippen molar-refractivity contribution in [3.05, 3.63) is 23.3 Å². The van der Waals surface area contributed by atoms with E-state index >= 15 is 0 Å². The van der Waals surface area contributed by atoms with Gasteiger partial charge in [0.1, 0.15) is 0 Å². The van der Waals surface area contributed by atoms with Crippen LogP contribution in [0.25, 0.3) is 0 Å². The Labute approximate surface area is 136 Å². The van der Waals surface area contributed by atoms with Gasteiger partial charge in [-0.2, -0.15) is 0 Å². The molecule has 5 heteroatoms.